The SMILES string of the molecule is CCCS(=O)(=O)c1ccc(N(CCCl)C2CCCC2)cc1. The summed E-state index contributed by atoms with van der Waals surface area (Å²) in [7, 11) is -3.13. The molecule has 0 unspecified atom stereocenters. The second kappa shape index (κ2) is 7.50. The first-order valence-electron chi connectivity index (χ1n) is 7.74. The number of halogens is 1. The summed E-state index contributed by atoms with van der Waals surface area (Å²) in [5.41, 5.74) is 1.08. The van der Waals surface area contributed by atoms with E-state index >= 15 is 0 Å². The molecule has 1 aromatic carbocycles. The van der Waals surface area contributed by atoms with Crippen LogP contribution >= 0.6 is 11.6 Å². The zero-order valence-electron chi connectivity index (χ0n) is 12.6. The molecule has 3 nitrogen and oxygen atoms in total. The summed E-state index contributed by atoms with van der Waals surface area (Å²) < 4.78 is 24.1. The maximum Gasteiger partial charge on any atom is 0.178 e. The van der Waals surface area contributed by atoms with E-state index in [-0.39, 0.29) is 5.75 Å². The molecule has 0 bridgehead atoms. The Bertz CT molecular complexity index is 536. The lowest BCUT2D eigenvalue weighted by Gasteiger charge is -2.30. The van der Waals surface area contributed by atoms with Gasteiger partial charge in [0.05, 0.1) is 10.6 Å². The summed E-state index contributed by atoms with van der Waals surface area (Å²) in [4.78, 5) is 2.75. The predicted molar refractivity (Wildman–Crippen MR) is 89.1 cm³/mol. The lowest BCUT2D eigenvalue weighted by atomic mass is 10.2. The van der Waals surface area contributed by atoms with Gasteiger partial charge in [-0.15, -0.1) is 11.6 Å². The van der Waals surface area contributed by atoms with Crippen molar-refractivity contribution in [2.75, 3.05) is 23.1 Å². The van der Waals surface area contributed by atoms with Crippen LogP contribution in [0.4, 0.5) is 5.69 Å². The molecule has 0 N–H and O–H groups in total. The van der Waals surface area contributed by atoms with Crippen LogP contribution in [-0.4, -0.2) is 32.6 Å². The van der Waals surface area contributed by atoms with Crippen molar-refractivity contribution in [2.45, 2.75) is 50.0 Å². The predicted octanol–water partition coefficient (Wildman–Crippen LogP) is 3.86. The van der Waals surface area contributed by atoms with Gasteiger partial charge in [-0.3, -0.25) is 0 Å². The molecule has 0 aromatic heterocycles. The molecule has 1 aliphatic rings. The number of alkyl halides is 1. The number of benzene rings is 1. The largest absolute Gasteiger partial charge is 0.367 e. The minimum atomic E-state index is -3.13. The number of hydrogen-bond donors (Lipinski definition) is 0. The monoisotopic (exact) mass is 329 g/mol. The van der Waals surface area contributed by atoms with Gasteiger partial charge in [-0.05, 0) is 43.5 Å². The molecule has 0 radical (unpaired) electrons. The van der Waals surface area contributed by atoms with Crippen molar-refractivity contribution in [3.63, 3.8) is 0 Å². The molecule has 2 rings (SSSR count). The van der Waals surface area contributed by atoms with Gasteiger partial charge in [0.2, 0.25) is 0 Å². The van der Waals surface area contributed by atoms with Gasteiger partial charge < -0.3 is 4.90 Å². The van der Waals surface area contributed by atoms with E-state index < -0.39 is 9.84 Å². The molecule has 0 spiro atoms. The number of nitrogens with zero attached hydrogens (tertiary/aromatic N) is 1. The zero-order valence-corrected chi connectivity index (χ0v) is 14.2. The van der Waals surface area contributed by atoms with Gasteiger partial charge in [0, 0.05) is 24.2 Å². The van der Waals surface area contributed by atoms with E-state index in [1.807, 2.05) is 19.1 Å². The van der Waals surface area contributed by atoms with Crippen molar-refractivity contribution < 1.29 is 8.42 Å². The molecular formula is C16H24ClNO2S. The first-order chi connectivity index (χ1) is 10.1. The Morgan fingerprint density at radius 2 is 1.81 bits per heavy atom. The second-order valence-corrected chi connectivity index (χ2v) is 8.12. The van der Waals surface area contributed by atoms with Gasteiger partial charge in [0.1, 0.15) is 0 Å². The van der Waals surface area contributed by atoms with Crippen LogP contribution in [0.5, 0.6) is 0 Å². The smallest absolute Gasteiger partial charge is 0.178 e. The molecule has 5 heteroatoms. The third kappa shape index (κ3) is 4.13. The fourth-order valence-corrected chi connectivity index (χ4v) is 4.57. The Morgan fingerprint density at radius 3 is 2.33 bits per heavy atom. The highest BCUT2D eigenvalue weighted by Crippen LogP contribution is 2.29. The maximum absolute atomic E-state index is 12.1. The summed E-state index contributed by atoms with van der Waals surface area (Å²) in [6.45, 7) is 2.70. The van der Waals surface area contributed by atoms with E-state index in [4.69, 9.17) is 11.6 Å². The highest BCUT2D eigenvalue weighted by atomic mass is 35.5. The van der Waals surface area contributed by atoms with E-state index in [0.29, 0.717) is 23.2 Å². The van der Waals surface area contributed by atoms with E-state index in [1.54, 1.807) is 12.1 Å². The van der Waals surface area contributed by atoms with Crippen molar-refractivity contribution >= 4 is 27.1 Å². The first-order valence-corrected chi connectivity index (χ1v) is 9.92. The molecular weight excluding hydrogens is 306 g/mol. The molecule has 0 atom stereocenters. The lowest BCUT2D eigenvalue weighted by molar-refractivity contribution is 0.594. The first kappa shape index (κ1) is 16.6. The fourth-order valence-electron chi connectivity index (χ4n) is 3.06. The molecule has 1 saturated carbocycles. The zero-order chi connectivity index (χ0) is 15.3. The summed E-state index contributed by atoms with van der Waals surface area (Å²) in [6, 6.07) is 7.86. The van der Waals surface area contributed by atoms with Crippen molar-refractivity contribution in [3.05, 3.63) is 24.3 Å². The number of hydrogen-bond acceptors (Lipinski definition) is 3. The average molecular weight is 330 g/mol. The highest BCUT2D eigenvalue weighted by molar-refractivity contribution is 7.91. The van der Waals surface area contributed by atoms with Gasteiger partial charge >= 0.3 is 0 Å². The van der Waals surface area contributed by atoms with Crippen LogP contribution in [0.15, 0.2) is 29.2 Å². The molecule has 0 heterocycles. The van der Waals surface area contributed by atoms with Crippen LogP contribution in [0.25, 0.3) is 0 Å². The van der Waals surface area contributed by atoms with Gasteiger partial charge in [-0.2, -0.15) is 0 Å². The van der Waals surface area contributed by atoms with Crippen molar-refractivity contribution in [1.82, 2.24) is 0 Å². The maximum atomic E-state index is 12.1. The Balaban J connectivity index is 2.19. The molecule has 1 aromatic rings. The van der Waals surface area contributed by atoms with Crippen molar-refractivity contribution in [2.24, 2.45) is 0 Å². The quantitative estimate of drug-likeness (QED) is 0.713. The Labute approximate surface area is 133 Å². The molecule has 118 valence electrons. The summed E-state index contributed by atoms with van der Waals surface area (Å²) >= 11 is 5.93. The fraction of sp³-hybridized carbons (Fsp3) is 0.625. The highest BCUT2D eigenvalue weighted by Gasteiger charge is 2.23. The lowest BCUT2D eigenvalue weighted by Crippen LogP contribution is -2.34. The molecule has 1 fully saturated rings. The van der Waals surface area contributed by atoms with Crippen LogP contribution in [-0.2, 0) is 9.84 Å². The van der Waals surface area contributed by atoms with Crippen LogP contribution in [0.2, 0.25) is 0 Å². The molecule has 0 amide bonds. The standard InChI is InChI=1S/C16H24ClNO2S/c1-2-13-21(19,20)16-9-7-15(8-10-16)18(12-11-17)14-5-3-4-6-14/h7-10,14H,2-6,11-13H2,1H3. The summed E-state index contributed by atoms with van der Waals surface area (Å²) in [5, 5.41) is 0. The van der Waals surface area contributed by atoms with E-state index in [2.05, 4.69) is 4.90 Å². The minimum absolute atomic E-state index is 0.209. The van der Waals surface area contributed by atoms with Gasteiger partial charge in [-0.1, -0.05) is 19.8 Å². The van der Waals surface area contributed by atoms with Crippen molar-refractivity contribution in [1.29, 1.82) is 0 Å². The Morgan fingerprint density at radius 1 is 1.19 bits per heavy atom. The molecule has 21 heavy (non-hydrogen) atoms. The van der Waals surface area contributed by atoms with E-state index in [0.717, 1.165) is 12.2 Å². The van der Waals surface area contributed by atoms with Gasteiger partial charge in [0.15, 0.2) is 9.84 Å². The number of sulfone groups is 1. The van der Waals surface area contributed by atoms with E-state index in [9.17, 15) is 8.42 Å². The third-order valence-electron chi connectivity index (χ3n) is 4.09. The minimum Gasteiger partial charge on any atom is -0.367 e. The third-order valence-corrected chi connectivity index (χ3v) is 6.20. The van der Waals surface area contributed by atoms with Crippen LogP contribution < -0.4 is 4.90 Å². The topological polar surface area (TPSA) is 37.4 Å². The van der Waals surface area contributed by atoms with Crippen LogP contribution in [0.3, 0.4) is 0 Å². The van der Waals surface area contributed by atoms with Gasteiger partial charge in [-0.25, -0.2) is 8.42 Å². The number of rotatable bonds is 7. The summed E-state index contributed by atoms with van der Waals surface area (Å²) in [5.74, 6) is 0.798. The van der Waals surface area contributed by atoms with Gasteiger partial charge in [0.25, 0.3) is 0 Å². The number of anilines is 1. The molecule has 0 saturated heterocycles. The Kier molecular flexibility index (Phi) is 5.94. The second-order valence-electron chi connectivity index (χ2n) is 5.63. The summed E-state index contributed by atoms with van der Waals surface area (Å²) in [6.07, 6.45) is 5.59. The van der Waals surface area contributed by atoms with Crippen molar-refractivity contribution in [3.8, 4) is 0 Å². The Hall–Kier alpha value is -0.740. The van der Waals surface area contributed by atoms with Crippen LogP contribution in [0.1, 0.15) is 39.0 Å². The molecule has 1 aliphatic carbocycles. The van der Waals surface area contributed by atoms with E-state index in [1.165, 1.54) is 25.7 Å². The average Bonchev–Trinajstić information content (AvgIpc) is 2.99. The van der Waals surface area contributed by atoms with Crippen LogP contribution in [0, 0.1) is 0 Å². The normalized spacial score (nSPS) is 16.3. The molecule has 0 aliphatic heterocycles.